The molecule has 0 radical (unpaired) electrons. The van der Waals surface area contributed by atoms with Gasteiger partial charge in [0.05, 0.1) is 34.8 Å². The van der Waals surface area contributed by atoms with Crippen molar-refractivity contribution in [2.24, 2.45) is 0 Å². The molecule has 0 saturated carbocycles. The van der Waals surface area contributed by atoms with E-state index < -0.39 is 0 Å². The normalized spacial score (nSPS) is 12.1. The Bertz CT molecular complexity index is 1420. The molecule has 0 bridgehead atoms. The maximum Gasteiger partial charge on any atom is 0.274 e. The molecule has 2 amide bonds. The van der Waals surface area contributed by atoms with Gasteiger partial charge in [0.1, 0.15) is 7.85 Å². The SMILES string of the molecule is Bc1cc(C(=O)NOC)ccc1-n1nc(-c2cccnc2)c2c1-c1sc(NC(C)=O)nc1CC2. The van der Waals surface area contributed by atoms with E-state index in [9.17, 15) is 9.59 Å². The topological polar surface area (TPSA) is 111 Å². The molecule has 3 heterocycles. The van der Waals surface area contributed by atoms with Gasteiger partial charge in [-0.1, -0.05) is 22.9 Å². The van der Waals surface area contributed by atoms with Gasteiger partial charge in [0.15, 0.2) is 5.13 Å². The molecule has 11 heteroatoms. The molecule has 0 saturated heterocycles. The van der Waals surface area contributed by atoms with E-state index in [2.05, 4.69) is 20.8 Å². The number of hydrogen-bond donors (Lipinski definition) is 2. The van der Waals surface area contributed by atoms with Crippen molar-refractivity contribution in [2.45, 2.75) is 19.8 Å². The summed E-state index contributed by atoms with van der Waals surface area (Å²) in [6.45, 7) is 1.47. The summed E-state index contributed by atoms with van der Waals surface area (Å²) < 4.78 is 1.92. The number of aromatic nitrogens is 4. The second kappa shape index (κ2) is 8.84. The average Bonchev–Trinajstić information content (AvgIpc) is 3.40. The zero-order chi connectivity index (χ0) is 23.8. The first kappa shape index (κ1) is 22.0. The number of fused-ring (bicyclic) bond motifs is 3. The Morgan fingerprint density at radius 2 is 2.09 bits per heavy atom. The first-order chi connectivity index (χ1) is 16.5. The van der Waals surface area contributed by atoms with Gasteiger partial charge in [-0.25, -0.2) is 15.1 Å². The number of amides is 2. The Hall–Kier alpha value is -3.83. The largest absolute Gasteiger partial charge is 0.302 e. The summed E-state index contributed by atoms with van der Waals surface area (Å²) in [7, 11) is 3.34. The van der Waals surface area contributed by atoms with E-state index in [0.717, 1.165) is 57.1 Å². The predicted octanol–water partition coefficient (Wildman–Crippen LogP) is 1.66. The number of carbonyl (C=O) groups is 2. The van der Waals surface area contributed by atoms with E-state index >= 15 is 0 Å². The third-order valence-electron chi connectivity index (χ3n) is 5.61. The quantitative estimate of drug-likeness (QED) is 0.338. The van der Waals surface area contributed by atoms with Crippen LogP contribution < -0.4 is 16.3 Å². The van der Waals surface area contributed by atoms with E-state index in [1.54, 1.807) is 18.3 Å². The second-order valence-corrected chi connectivity index (χ2v) is 8.94. The molecular formula is C23H21BN6O3S. The fraction of sp³-hybridized carbons (Fsp3) is 0.174. The van der Waals surface area contributed by atoms with Gasteiger partial charge < -0.3 is 5.32 Å². The van der Waals surface area contributed by atoms with Crippen LogP contribution in [-0.2, 0) is 22.5 Å². The Kier molecular flexibility index (Phi) is 5.72. The van der Waals surface area contributed by atoms with Gasteiger partial charge in [0.2, 0.25) is 5.91 Å². The van der Waals surface area contributed by atoms with E-state index in [1.165, 1.54) is 25.4 Å². The molecule has 0 atom stereocenters. The molecule has 9 nitrogen and oxygen atoms in total. The number of hydrogen-bond acceptors (Lipinski definition) is 7. The van der Waals surface area contributed by atoms with E-state index in [4.69, 9.17) is 9.94 Å². The van der Waals surface area contributed by atoms with Gasteiger partial charge in [-0.05, 0) is 37.1 Å². The summed E-state index contributed by atoms with van der Waals surface area (Å²) in [5.74, 6) is -0.475. The van der Waals surface area contributed by atoms with E-state index in [0.29, 0.717) is 10.7 Å². The van der Waals surface area contributed by atoms with Gasteiger partial charge in [-0.3, -0.25) is 19.4 Å². The molecule has 1 aliphatic rings. The molecule has 0 aliphatic heterocycles. The molecule has 5 rings (SSSR count). The third-order valence-corrected chi connectivity index (χ3v) is 6.63. The average molecular weight is 472 g/mol. The maximum absolute atomic E-state index is 12.2. The smallest absolute Gasteiger partial charge is 0.274 e. The van der Waals surface area contributed by atoms with Crippen LogP contribution in [0.2, 0.25) is 0 Å². The van der Waals surface area contributed by atoms with Crippen molar-refractivity contribution in [3.8, 4) is 27.5 Å². The van der Waals surface area contributed by atoms with Gasteiger partial charge in [0, 0.05) is 36.0 Å². The highest BCUT2D eigenvalue weighted by Gasteiger charge is 2.30. The fourth-order valence-electron chi connectivity index (χ4n) is 4.17. The number of anilines is 1. The van der Waals surface area contributed by atoms with Crippen LogP contribution in [0.3, 0.4) is 0 Å². The lowest BCUT2D eigenvalue weighted by atomic mass is 9.91. The molecular weight excluding hydrogens is 451 g/mol. The zero-order valence-electron chi connectivity index (χ0n) is 18.9. The molecule has 1 aliphatic carbocycles. The first-order valence-corrected chi connectivity index (χ1v) is 11.5. The molecule has 0 fully saturated rings. The van der Waals surface area contributed by atoms with Crippen LogP contribution >= 0.6 is 11.3 Å². The number of pyridine rings is 1. The minimum Gasteiger partial charge on any atom is -0.302 e. The molecule has 0 unspecified atom stereocenters. The highest BCUT2D eigenvalue weighted by molar-refractivity contribution is 7.19. The van der Waals surface area contributed by atoms with Crippen molar-refractivity contribution in [3.05, 3.63) is 59.5 Å². The maximum atomic E-state index is 12.2. The van der Waals surface area contributed by atoms with E-state index in [1.807, 2.05) is 36.9 Å². The Labute approximate surface area is 200 Å². The minimum absolute atomic E-state index is 0.156. The minimum atomic E-state index is -0.319. The van der Waals surface area contributed by atoms with Crippen molar-refractivity contribution in [3.63, 3.8) is 0 Å². The lowest BCUT2D eigenvalue weighted by Gasteiger charge is -2.16. The number of nitrogens with one attached hydrogen (secondary N) is 2. The van der Waals surface area contributed by atoms with Crippen molar-refractivity contribution >= 4 is 41.6 Å². The number of carbonyl (C=O) groups excluding carboxylic acids is 2. The Morgan fingerprint density at radius 3 is 2.79 bits per heavy atom. The highest BCUT2D eigenvalue weighted by atomic mass is 32.1. The number of aryl methyl sites for hydroxylation is 1. The highest BCUT2D eigenvalue weighted by Crippen LogP contribution is 2.43. The molecule has 34 heavy (non-hydrogen) atoms. The Balaban J connectivity index is 1.70. The van der Waals surface area contributed by atoms with Crippen LogP contribution in [-0.4, -0.2) is 46.5 Å². The lowest BCUT2D eigenvalue weighted by Crippen LogP contribution is -2.24. The number of hydroxylamine groups is 1. The molecule has 3 aromatic heterocycles. The summed E-state index contributed by atoms with van der Waals surface area (Å²) in [5.41, 5.74) is 9.36. The molecule has 0 spiro atoms. The van der Waals surface area contributed by atoms with Crippen LogP contribution in [0.5, 0.6) is 0 Å². The number of rotatable bonds is 5. The van der Waals surface area contributed by atoms with Gasteiger partial charge in [0.25, 0.3) is 5.91 Å². The lowest BCUT2D eigenvalue weighted by molar-refractivity contribution is -0.114. The second-order valence-electron chi connectivity index (χ2n) is 7.94. The van der Waals surface area contributed by atoms with Crippen LogP contribution in [0.25, 0.3) is 27.5 Å². The fourth-order valence-corrected chi connectivity index (χ4v) is 5.28. The summed E-state index contributed by atoms with van der Waals surface area (Å²) in [6, 6.07) is 9.32. The Morgan fingerprint density at radius 1 is 1.24 bits per heavy atom. The van der Waals surface area contributed by atoms with Crippen LogP contribution in [0.1, 0.15) is 28.5 Å². The van der Waals surface area contributed by atoms with Gasteiger partial charge in [-0.15, -0.1) is 0 Å². The number of nitrogens with zero attached hydrogens (tertiary/aromatic N) is 4. The van der Waals surface area contributed by atoms with Gasteiger partial charge >= 0.3 is 0 Å². The summed E-state index contributed by atoms with van der Waals surface area (Å²) in [5, 5.41) is 8.40. The molecule has 170 valence electrons. The van der Waals surface area contributed by atoms with Crippen molar-refractivity contribution < 1.29 is 14.4 Å². The zero-order valence-corrected chi connectivity index (χ0v) is 19.7. The first-order valence-electron chi connectivity index (χ1n) is 10.7. The van der Waals surface area contributed by atoms with Crippen molar-refractivity contribution in [1.29, 1.82) is 0 Å². The van der Waals surface area contributed by atoms with Crippen molar-refractivity contribution in [2.75, 3.05) is 12.4 Å². The van der Waals surface area contributed by atoms with Crippen LogP contribution in [0.15, 0.2) is 42.7 Å². The van der Waals surface area contributed by atoms with E-state index in [-0.39, 0.29) is 11.8 Å². The third kappa shape index (κ3) is 3.89. The van der Waals surface area contributed by atoms with Gasteiger partial charge in [-0.2, -0.15) is 5.10 Å². The number of benzene rings is 1. The standard InChI is InChI=1S/C23H21BN6O3S/c1-12(31)26-23-27-17-7-6-15-19(14-4-3-9-25-11-14)28-30(20(15)21(17)34-23)18-8-5-13(10-16(18)24)22(32)29-33-2/h3-5,8-11H,6-7,24H2,1-2H3,(H,29,32)(H,26,27,31). The molecule has 2 N–H and O–H groups in total. The summed E-state index contributed by atoms with van der Waals surface area (Å²) in [4.78, 5) is 38.5. The number of thiazole rings is 1. The van der Waals surface area contributed by atoms with Crippen molar-refractivity contribution in [1.82, 2.24) is 25.2 Å². The predicted molar refractivity (Wildman–Crippen MR) is 132 cm³/mol. The summed E-state index contributed by atoms with van der Waals surface area (Å²) in [6.07, 6.45) is 5.07. The van der Waals surface area contributed by atoms with Crippen LogP contribution in [0.4, 0.5) is 5.13 Å². The van der Waals surface area contributed by atoms with Crippen LogP contribution in [0, 0.1) is 0 Å². The molecule has 1 aromatic carbocycles. The molecule has 4 aromatic rings. The summed E-state index contributed by atoms with van der Waals surface area (Å²) >= 11 is 1.44. The monoisotopic (exact) mass is 472 g/mol.